The standard InChI is InChI=1S/C14H16BrN3/c15-12-4-2-1-3-11(12)13-8-17-14(18-13)9-16-7-10-5-6-10/h1-4,8,10,16H,5-7,9H2,(H,17,18). The number of halogens is 1. The van der Waals surface area contributed by atoms with Crippen molar-refractivity contribution in [1.82, 2.24) is 15.3 Å². The highest BCUT2D eigenvalue weighted by atomic mass is 79.9. The van der Waals surface area contributed by atoms with Crippen LogP contribution in [-0.2, 0) is 6.54 Å². The third-order valence-electron chi connectivity index (χ3n) is 3.21. The minimum absolute atomic E-state index is 0.820. The second-order valence-electron chi connectivity index (χ2n) is 4.80. The van der Waals surface area contributed by atoms with E-state index in [1.165, 1.54) is 12.8 Å². The average Bonchev–Trinajstić information content (AvgIpc) is 3.08. The van der Waals surface area contributed by atoms with E-state index in [1.807, 2.05) is 24.4 Å². The molecule has 1 aromatic heterocycles. The largest absolute Gasteiger partial charge is 0.341 e. The molecule has 0 bridgehead atoms. The number of aromatic nitrogens is 2. The summed E-state index contributed by atoms with van der Waals surface area (Å²) in [6.07, 6.45) is 4.66. The molecule has 1 fully saturated rings. The van der Waals surface area contributed by atoms with Crippen molar-refractivity contribution in [3.63, 3.8) is 0 Å². The van der Waals surface area contributed by atoms with E-state index >= 15 is 0 Å². The Balaban J connectivity index is 1.66. The van der Waals surface area contributed by atoms with E-state index in [9.17, 15) is 0 Å². The zero-order valence-corrected chi connectivity index (χ0v) is 11.7. The molecule has 1 aliphatic carbocycles. The third kappa shape index (κ3) is 2.82. The molecule has 2 N–H and O–H groups in total. The fourth-order valence-electron chi connectivity index (χ4n) is 1.99. The van der Waals surface area contributed by atoms with Crippen LogP contribution in [0, 0.1) is 5.92 Å². The molecule has 0 unspecified atom stereocenters. The van der Waals surface area contributed by atoms with Gasteiger partial charge >= 0.3 is 0 Å². The van der Waals surface area contributed by atoms with Crippen LogP contribution in [0.15, 0.2) is 34.9 Å². The lowest BCUT2D eigenvalue weighted by Gasteiger charge is -2.01. The van der Waals surface area contributed by atoms with E-state index in [2.05, 4.69) is 37.3 Å². The number of H-pyrrole nitrogens is 1. The lowest BCUT2D eigenvalue weighted by molar-refractivity contribution is 0.623. The fourth-order valence-corrected chi connectivity index (χ4v) is 2.48. The molecule has 2 aromatic rings. The van der Waals surface area contributed by atoms with Crippen LogP contribution >= 0.6 is 15.9 Å². The summed E-state index contributed by atoms with van der Waals surface area (Å²) < 4.78 is 1.09. The number of nitrogens with one attached hydrogen (secondary N) is 2. The SMILES string of the molecule is Brc1ccccc1-c1cnc(CNCC2CC2)[nH]1. The quantitative estimate of drug-likeness (QED) is 0.889. The van der Waals surface area contributed by atoms with Gasteiger partial charge in [0.15, 0.2) is 0 Å². The van der Waals surface area contributed by atoms with Crippen LogP contribution in [0.5, 0.6) is 0 Å². The van der Waals surface area contributed by atoms with Crippen molar-refractivity contribution < 1.29 is 0 Å². The Morgan fingerprint density at radius 3 is 2.94 bits per heavy atom. The predicted octanol–water partition coefficient (Wildman–Crippen LogP) is 3.34. The number of rotatable bonds is 5. The van der Waals surface area contributed by atoms with Gasteiger partial charge < -0.3 is 10.3 Å². The second-order valence-corrected chi connectivity index (χ2v) is 5.65. The second kappa shape index (κ2) is 5.24. The summed E-state index contributed by atoms with van der Waals surface area (Å²) in [5, 5.41) is 3.44. The highest BCUT2D eigenvalue weighted by molar-refractivity contribution is 9.10. The fraction of sp³-hybridized carbons (Fsp3) is 0.357. The van der Waals surface area contributed by atoms with Crippen molar-refractivity contribution in [1.29, 1.82) is 0 Å². The first-order chi connectivity index (χ1) is 8.83. The maximum Gasteiger partial charge on any atom is 0.120 e. The van der Waals surface area contributed by atoms with Gasteiger partial charge in [-0.15, -0.1) is 0 Å². The molecule has 0 atom stereocenters. The van der Waals surface area contributed by atoms with E-state index in [1.54, 1.807) is 0 Å². The molecule has 4 heteroatoms. The molecule has 0 amide bonds. The van der Waals surface area contributed by atoms with Crippen molar-refractivity contribution in [2.45, 2.75) is 19.4 Å². The maximum absolute atomic E-state index is 4.41. The molecule has 1 aliphatic rings. The monoisotopic (exact) mass is 305 g/mol. The smallest absolute Gasteiger partial charge is 0.120 e. The van der Waals surface area contributed by atoms with Gasteiger partial charge in [-0.25, -0.2) is 4.98 Å². The summed E-state index contributed by atoms with van der Waals surface area (Å²) in [6, 6.07) is 8.17. The first-order valence-corrected chi connectivity index (χ1v) is 7.12. The summed E-state index contributed by atoms with van der Waals surface area (Å²) in [4.78, 5) is 7.77. The topological polar surface area (TPSA) is 40.7 Å². The molecule has 3 rings (SSSR count). The summed E-state index contributed by atoms with van der Waals surface area (Å²) >= 11 is 3.56. The summed E-state index contributed by atoms with van der Waals surface area (Å²) in [5.41, 5.74) is 2.21. The Bertz CT molecular complexity index is 531. The van der Waals surface area contributed by atoms with Crippen LogP contribution in [0.4, 0.5) is 0 Å². The van der Waals surface area contributed by atoms with Gasteiger partial charge in [-0.3, -0.25) is 0 Å². The van der Waals surface area contributed by atoms with Gasteiger partial charge in [-0.2, -0.15) is 0 Å². The molecule has 0 aliphatic heterocycles. The van der Waals surface area contributed by atoms with Gasteiger partial charge in [0.25, 0.3) is 0 Å². The van der Waals surface area contributed by atoms with Crippen LogP contribution in [0.2, 0.25) is 0 Å². The molecule has 0 radical (unpaired) electrons. The molecular formula is C14H16BrN3. The molecular weight excluding hydrogens is 290 g/mol. The minimum atomic E-state index is 0.820. The first-order valence-electron chi connectivity index (χ1n) is 6.32. The first kappa shape index (κ1) is 11.9. The Morgan fingerprint density at radius 1 is 1.33 bits per heavy atom. The van der Waals surface area contributed by atoms with Gasteiger partial charge in [-0.05, 0) is 31.4 Å². The van der Waals surface area contributed by atoms with Crippen LogP contribution < -0.4 is 5.32 Å². The molecule has 3 nitrogen and oxygen atoms in total. The normalized spacial score (nSPS) is 14.9. The van der Waals surface area contributed by atoms with E-state index in [4.69, 9.17) is 0 Å². The van der Waals surface area contributed by atoms with E-state index in [0.717, 1.165) is 40.6 Å². The zero-order chi connectivity index (χ0) is 12.4. The molecule has 0 saturated heterocycles. The Morgan fingerprint density at radius 2 is 2.17 bits per heavy atom. The van der Waals surface area contributed by atoms with Gasteiger partial charge in [0.2, 0.25) is 0 Å². The number of imidazole rings is 1. The van der Waals surface area contributed by atoms with Gasteiger partial charge in [0.1, 0.15) is 5.82 Å². The molecule has 1 aromatic carbocycles. The Hall–Kier alpha value is -1.13. The van der Waals surface area contributed by atoms with Gasteiger partial charge in [-0.1, -0.05) is 34.1 Å². The van der Waals surface area contributed by atoms with E-state index < -0.39 is 0 Å². The molecule has 1 saturated carbocycles. The maximum atomic E-state index is 4.41. The lowest BCUT2D eigenvalue weighted by Crippen LogP contribution is -2.16. The number of aromatic amines is 1. The van der Waals surface area contributed by atoms with E-state index in [0.29, 0.717) is 0 Å². The van der Waals surface area contributed by atoms with Crippen LogP contribution in [0.1, 0.15) is 18.7 Å². The van der Waals surface area contributed by atoms with E-state index in [-0.39, 0.29) is 0 Å². The van der Waals surface area contributed by atoms with Crippen molar-refractivity contribution in [3.05, 3.63) is 40.8 Å². The number of nitrogens with zero attached hydrogens (tertiary/aromatic N) is 1. The molecule has 0 spiro atoms. The number of benzene rings is 1. The van der Waals surface area contributed by atoms with Gasteiger partial charge in [0.05, 0.1) is 18.4 Å². The lowest BCUT2D eigenvalue weighted by atomic mass is 10.2. The van der Waals surface area contributed by atoms with Crippen LogP contribution in [0.25, 0.3) is 11.3 Å². The highest BCUT2D eigenvalue weighted by Gasteiger charge is 2.20. The number of hydrogen-bond acceptors (Lipinski definition) is 2. The summed E-state index contributed by atoms with van der Waals surface area (Å²) in [6.45, 7) is 1.94. The Kier molecular flexibility index (Phi) is 3.48. The predicted molar refractivity (Wildman–Crippen MR) is 76.2 cm³/mol. The van der Waals surface area contributed by atoms with Crippen molar-refractivity contribution in [2.75, 3.05) is 6.54 Å². The average molecular weight is 306 g/mol. The van der Waals surface area contributed by atoms with Crippen LogP contribution in [-0.4, -0.2) is 16.5 Å². The van der Waals surface area contributed by atoms with Gasteiger partial charge in [0, 0.05) is 10.0 Å². The van der Waals surface area contributed by atoms with Crippen molar-refractivity contribution in [2.24, 2.45) is 5.92 Å². The molecule has 1 heterocycles. The van der Waals surface area contributed by atoms with Crippen molar-refractivity contribution in [3.8, 4) is 11.3 Å². The van der Waals surface area contributed by atoms with Crippen molar-refractivity contribution >= 4 is 15.9 Å². The Labute approximate surface area is 115 Å². The summed E-state index contributed by atoms with van der Waals surface area (Å²) in [5.74, 6) is 1.91. The molecule has 94 valence electrons. The van der Waals surface area contributed by atoms with Crippen LogP contribution in [0.3, 0.4) is 0 Å². The zero-order valence-electron chi connectivity index (χ0n) is 10.1. The number of hydrogen-bond donors (Lipinski definition) is 2. The summed E-state index contributed by atoms with van der Waals surface area (Å²) in [7, 11) is 0. The molecule has 18 heavy (non-hydrogen) atoms. The minimum Gasteiger partial charge on any atom is -0.341 e. The highest BCUT2D eigenvalue weighted by Crippen LogP contribution is 2.28. The third-order valence-corrected chi connectivity index (χ3v) is 3.91.